The number of carbonyl (C=O) groups excluding carboxylic acids is 1. The second-order valence-electron chi connectivity index (χ2n) is 5.84. The minimum Gasteiger partial charge on any atom is -0.319 e. The molecule has 0 amide bonds. The molecule has 0 N–H and O–H groups in total. The molecule has 0 radical (unpaired) electrons. The molecule has 0 bridgehead atoms. The molecule has 0 atom stereocenters. The fourth-order valence-electron chi connectivity index (χ4n) is 3.50. The van der Waals surface area contributed by atoms with Crippen LogP contribution in [0.3, 0.4) is 0 Å². The molecule has 2 aromatic carbocycles. The molecule has 0 spiro atoms. The van der Waals surface area contributed by atoms with Crippen molar-refractivity contribution in [3.05, 3.63) is 77.9 Å². The number of pyridine rings is 1. The number of carbonyl (C=O) groups is 1. The third-order valence-corrected chi connectivity index (χ3v) is 4.55. The van der Waals surface area contributed by atoms with E-state index in [9.17, 15) is 9.18 Å². The average Bonchev–Trinajstić information content (AvgIpc) is 2.96. The summed E-state index contributed by atoms with van der Waals surface area (Å²) in [5.74, 6) is -0.282. The molecule has 0 unspecified atom stereocenters. The molecule has 0 aliphatic carbocycles. The Morgan fingerprint density at radius 2 is 1.79 bits per heavy atom. The first-order valence-corrected chi connectivity index (χ1v) is 8.00. The van der Waals surface area contributed by atoms with Gasteiger partial charge in [0.05, 0.1) is 5.52 Å². The second kappa shape index (κ2) is 5.60. The standard InChI is InChI=1S/C21H16FNO/c1-2-19-18(13-24)20(15-7-9-16(22)10-8-15)21-17-6-4-3-5-14(17)11-12-23(19)21/h3-13H,2H2,1H3. The molecule has 4 aromatic rings. The summed E-state index contributed by atoms with van der Waals surface area (Å²) in [6.07, 6.45) is 3.67. The van der Waals surface area contributed by atoms with Crippen LogP contribution in [0.15, 0.2) is 60.8 Å². The molecule has 0 saturated carbocycles. The van der Waals surface area contributed by atoms with Gasteiger partial charge in [-0.25, -0.2) is 4.39 Å². The van der Waals surface area contributed by atoms with Crippen molar-refractivity contribution in [2.45, 2.75) is 13.3 Å². The maximum atomic E-state index is 13.3. The highest BCUT2D eigenvalue weighted by molar-refractivity contribution is 6.09. The molecule has 3 heteroatoms. The first kappa shape index (κ1) is 14.6. The minimum atomic E-state index is -0.282. The van der Waals surface area contributed by atoms with Gasteiger partial charge in [0.2, 0.25) is 0 Å². The summed E-state index contributed by atoms with van der Waals surface area (Å²) in [5.41, 5.74) is 4.38. The van der Waals surface area contributed by atoms with Crippen LogP contribution in [-0.4, -0.2) is 10.7 Å². The fourth-order valence-corrected chi connectivity index (χ4v) is 3.50. The second-order valence-corrected chi connectivity index (χ2v) is 5.84. The SMILES string of the molecule is CCc1c(C=O)c(-c2ccc(F)cc2)c2c3ccccc3ccn12. The quantitative estimate of drug-likeness (QED) is 0.471. The number of rotatable bonds is 3. The maximum Gasteiger partial charge on any atom is 0.152 e. The summed E-state index contributed by atoms with van der Waals surface area (Å²) in [7, 11) is 0. The van der Waals surface area contributed by atoms with Crippen molar-refractivity contribution in [1.29, 1.82) is 0 Å². The van der Waals surface area contributed by atoms with Crippen molar-refractivity contribution in [2.24, 2.45) is 0 Å². The third kappa shape index (κ3) is 2.05. The predicted molar refractivity (Wildman–Crippen MR) is 95.1 cm³/mol. The average molecular weight is 317 g/mol. The monoisotopic (exact) mass is 317 g/mol. The van der Waals surface area contributed by atoms with Gasteiger partial charge in [0.25, 0.3) is 0 Å². The van der Waals surface area contributed by atoms with Crippen LogP contribution in [0, 0.1) is 5.82 Å². The van der Waals surface area contributed by atoms with E-state index in [1.165, 1.54) is 12.1 Å². The summed E-state index contributed by atoms with van der Waals surface area (Å²) >= 11 is 0. The molecule has 0 aliphatic heterocycles. The van der Waals surface area contributed by atoms with Crippen LogP contribution in [0.1, 0.15) is 23.0 Å². The number of aldehydes is 1. The van der Waals surface area contributed by atoms with Crippen LogP contribution in [0.2, 0.25) is 0 Å². The Kier molecular flexibility index (Phi) is 3.42. The summed E-state index contributed by atoms with van der Waals surface area (Å²) in [6.45, 7) is 2.04. The van der Waals surface area contributed by atoms with Crippen molar-refractivity contribution >= 4 is 22.6 Å². The Hall–Kier alpha value is -2.94. The summed E-state index contributed by atoms with van der Waals surface area (Å²) in [6, 6.07) is 16.5. The van der Waals surface area contributed by atoms with E-state index in [0.29, 0.717) is 5.56 Å². The largest absolute Gasteiger partial charge is 0.319 e. The normalized spacial score (nSPS) is 11.2. The molecular formula is C21H16FNO. The Bertz CT molecular complexity index is 1060. The van der Waals surface area contributed by atoms with Gasteiger partial charge in [0, 0.05) is 28.4 Å². The molecule has 0 fully saturated rings. The maximum absolute atomic E-state index is 13.3. The lowest BCUT2D eigenvalue weighted by molar-refractivity contribution is 0.112. The van der Waals surface area contributed by atoms with E-state index in [2.05, 4.69) is 22.6 Å². The van der Waals surface area contributed by atoms with Crippen LogP contribution in [0.4, 0.5) is 4.39 Å². The Labute approximate surface area is 139 Å². The Balaban J connectivity index is 2.22. The summed E-state index contributed by atoms with van der Waals surface area (Å²) < 4.78 is 15.4. The lowest BCUT2D eigenvalue weighted by atomic mass is 9.99. The highest BCUT2D eigenvalue weighted by Gasteiger charge is 2.19. The molecular weight excluding hydrogens is 301 g/mol. The van der Waals surface area contributed by atoms with Gasteiger partial charge < -0.3 is 4.40 Å². The molecule has 118 valence electrons. The van der Waals surface area contributed by atoms with E-state index in [1.807, 2.05) is 25.3 Å². The lowest BCUT2D eigenvalue weighted by Crippen LogP contribution is -1.93. The van der Waals surface area contributed by atoms with E-state index < -0.39 is 0 Å². The zero-order valence-electron chi connectivity index (χ0n) is 13.3. The van der Waals surface area contributed by atoms with Crippen molar-refractivity contribution in [3.8, 4) is 11.1 Å². The van der Waals surface area contributed by atoms with Crippen LogP contribution >= 0.6 is 0 Å². The van der Waals surface area contributed by atoms with Crippen LogP contribution in [0.5, 0.6) is 0 Å². The Morgan fingerprint density at radius 1 is 1.04 bits per heavy atom. The van der Waals surface area contributed by atoms with E-state index in [0.717, 1.165) is 45.8 Å². The first-order chi connectivity index (χ1) is 11.7. The highest BCUT2D eigenvalue weighted by atomic mass is 19.1. The van der Waals surface area contributed by atoms with Crippen LogP contribution in [-0.2, 0) is 6.42 Å². The summed E-state index contributed by atoms with van der Waals surface area (Å²) in [5, 5.41) is 2.20. The van der Waals surface area contributed by atoms with Crippen molar-refractivity contribution < 1.29 is 9.18 Å². The zero-order valence-corrected chi connectivity index (χ0v) is 13.3. The van der Waals surface area contributed by atoms with E-state index in [4.69, 9.17) is 0 Å². The summed E-state index contributed by atoms with van der Waals surface area (Å²) in [4.78, 5) is 11.9. The molecule has 2 aromatic heterocycles. The molecule has 4 rings (SSSR count). The van der Waals surface area contributed by atoms with Gasteiger partial charge in [0.1, 0.15) is 5.82 Å². The molecule has 24 heavy (non-hydrogen) atoms. The number of aromatic nitrogens is 1. The topological polar surface area (TPSA) is 21.5 Å². The number of fused-ring (bicyclic) bond motifs is 3. The van der Waals surface area contributed by atoms with Gasteiger partial charge in [-0.15, -0.1) is 0 Å². The van der Waals surface area contributed by atoms with E-state index in [-0.39, 0.29) is 5.82 Å². The number of hydrogen-bond acceptors (Lipinski definition) is 1. The van der Waals surface area contributed by atoms with Crippen LogP contribution < -0.4 is 0 Å². The number of halogens is 1. The molecule has 0 saturated heterocycles. The molecule has 2 nitrogen and oxygen atoms in total. The Morgan fingerprint density at radius 3 is 2.50 bits per heavy atom. The third-order valence-electron chi connectivity index (χ3n) is 4.55. The van der Waals surface area contributed by atoms with E-state index >= 15 is 0 Å². The molecule has 2 heterocycles. The van der Waals surface area contributed by atoms with Gasteiger partial charge in [-0.1, -0.05) is 43.3 Å². The van der Waals surface area contributed by atoms with E-state index in [1.54, 1.807) is 12.1 Å². The van der Waals surface area contributed by atoms with Crippen molar-refractivity contribution in [2.75, 3.05) is 0 Å². The van der Waals surface area contributed by atoms with Gasteiger partial charge in [0.15, 0.2) is 6.29 Å². The van der Waals surface area contributed by atoms with Gasteiger partial charge in [-0.05, 0) is 35.6 Å². The highest BCUT2D eigenvalue weighted by Crippen LogP contribution is 2.36. The van der Waals surface area contributed by atoms with Gasteiger partial charge in [-0.2, -0.15) is 0 Å². The van der Waals surface area contributed by atoms with Crippen molar-refractivity contribution in [1.82, 2.24) is 4.40 Å². The minimum absolute atomic E-state index is 0.282. The lowest BCUT2D eigenvalue weighted by Gasteiger charge is -2.06. The zero-order chi connectivity index (χ0) is 16.7. The number of benzene rings is 2. The van der Waals surface area contributed by atoms with Gasteiger partial charge in [-0.3, -0.25) is 4.79 Å². The fraction of sp³-hybridized carbons (Fsp3) is 0.0952. The van der Waals surface area contributed by atoms with Crippen LogP contribution in [0.25, 0.3) is 27.4 Å². The molecule has 0 aliphatic rings. The first-order valence-electron chi connectivity index (χ1n) is 8.00. The number of aryl methyl sites for hydroxylation is 1. The van der Waals surface area contributed by atoms with Crippen molar-refractivity contribution in [3.63, 3.8) is 0 Å². The number of nitrogens with zero attached hydrogens (tertiary/aromatic N) is 1. The van der Waals surface area contributed by atoms with Gasteiger partial charge >= 0.3 is 0 Å². The smallest absolute Gasteiger partial charge is 0.152 e. The number of hydrogen-bond donors (Lipinski definition) is 0. The predicted octanol–water partition coefficient (Wildman–Crippen LogP) is 5.27.